The van der Waals surface area contributed by atoms with Gasteiger partial charge in [-0.1, -0.05) is 60.7 Å². The number of hydrogen-bond donors (Lipinski definition) is 0. The van der Waals surface area contributed by atoms with Crippen LogP contribution in [0, 0.1) is 0 Å². The third-order valence-electron chi connectivity index (χ3n) is 3.97. The van der Waals surface area contributed by atoms with Crippen LogP contribution >= 0.6 is 11.6 Å². The van der Waals surface area contributed by atoms with Crippen molar-refractivity contribution in [3.63, 3.8) is 0 Å². The van der Waals surface area contributed by atoms with Crippen LogP contribution in [-0.4, -0.2) is 42.5 Å². The molecular weight excluding hydrogens is 332 g/mol. The number of likely N-dealkylation sites (N-methyl/N-ethyl adjacent to an activating group) is 1. The summed E-state index contributed by atoms with van der Waals surface area (Å²) in [6.07, 6.45) is 2.47. The normalized spacial score (nSPS) is 11.6. The van der Waals surface area contributed by atoms with Crippen molar-refractivity contribution in [2.45, 2.75) is 25.3 Å². The fourth-order valence-electron chi connectivity index (χ4n) is 2.64. The average molecular weight is 357 g/mol. The van der Waals surface area contributed by atoms with Crippen molar-refractivity contribution >= 4 is 23.2 Å². The molecule has 0 aliphatic heterocycles. The molecule has 2 rings (SSSR count). The smallest absolute Gasteiger partial charge is 0.246 e. The van der Waals surface area contributed by atoms with E-state index in [2.05, 4.69) is 0 Å². The second-order valence-corrected chi connectivity index (χ2v) is 6.52. The third-order valence-corrected chi connectivity index (χ3v) is 4.23. The molecule has 0 bridgehead atoms. The molecule has 0 saturated carbocycles. The Hall–Kier alpha value is -2.13. The lowest BCUT2D eigenvalue weighted by atomic mass is 10.0. The van der Waals surface area contributed by atoms with Crippen LogP contribution in [0.5, 0.6) is 0 Å². The van der Waals surface area contributed by atoms with Crippen molar-refractivity contribution in [1.82, 2.24) is 4.90 Å². The lowest BCUT2D eigenvalue weighted by Crippen LogP contribution is -2.33. The average Bonchev–Trinajstić information content (AvgIpc) is 2.65. The standard InChI is InChI=1S/C21H25ClN2O/c1-24(2)21(25)19(15-9-10-16-22)23-20(17-11-5-3-6-12-17)18-13-7-4-8-14-18/h3-8,11-14,19H,9-10,15-16H2,1-2H3. The van der Waals surface area contributed by atoms with Gasteiger partial charge in [0.25, 0.3) is 0 Å². The number of aliphatic imine (C=N–C) groups is 1. The van der Waals surface area contributed by atoms with Crippen molar-refractivity contribution in [1.29, 1.82) is 0 Å². The van der Waals surface area contributed by atoms with E-state index >= 15 is 0 Å². The van der Waals surface area contributed by atoms with E-state index in [4.69, 9.17) is 16.6 Å². The van der Waals surface area contributed by atoms with E-state index in [1.165, 1.54) is 0 Å². The van der Waals surface area contributed by atoms with Gasteiger partial charge in [-0.2, -0.15) is 0 Å². The molecule has 1 unspecified atom stereocenters. The molecule has 0 radical (unpaired) electrons. The largest absolute Gasteiger partial charge is 0.347 e. The summed E-state index contributed by atoms with van der Waals surface area (Å²) in [5, 5.41) is 0. The van der Waals surface area contributed by atoms with Gasteiger partial charge in [0.1, 0.15) is 6.04 Å². The first-order chi connectivity index (χ1) is 12.1. The molecule has 2 aromatic carbocycles. The topological polar surface area (TPSA) is 32.7 Å². The SMILES string of the molecule is CN(C)C(=O)C(CCCCCl)N=C(c1ccccc1)c1ccccc1. The Balaban J connectivity index is 2.42. The zero-order chi connectivity index (χ0) is 18.1. The summed E-state index contributed by atoms with van der Waals surface area (Å²) < 4.78 is 0. The zero-order valence-electron chi connectivity index (χ0n) is 14.9. The number of unbranched alkanes of at least 4 members (excludes halogenated alkanes) is 1. The first-order valence-electron chi connectivity index (χ1n) is 8.59. The van der Waals surface area contributed by atoms with Crippen LogP contribution in [0.3, 0.4) is 0 Å². The second-order valence-electron chi connectivity index (χ2n) is 6.14. The summed E-state index contributed by atoms with van der Waals surface area (Å²) in [6.45, 7) is 0. The van der Waals surface area contributed by atoms with E-state index in [1.54, 1.807) is 19.0 Å². The quantitative estimate of drug-likeness (QED) is 0.392. The highest BCUT2D eigenvalue weighted by atomic mass is 35.5. The van der Waals surface area contributed by atoms with Gasteiger partial charge in [0.2, 0.25) is 5.91 Å². The Morgan fingerprint density at radius 2 is 1.48 bits per heavy atom. The van der Waals surface area contributed by atoms with Gasteiger partial charge in [-0.05, 0) is 19.3 Å². The van der Waals surface area contributed by atoms with Gasteiger partial charge in [0.15, 0.2) is 0 Å². The van der Waals surface area contributed by atoms with E-state index in [0.29, 0.717) is 12.3 Å². The van der Waals surface area contributed by atoms with Crippen LogP contribution in [0.2, 0.25) is 0 Å². The highest BCUT2D eigenvalue weighted by Gasteiger charge is 2.20. The number of nitrogens with zero attached hydrogens (tertiary/aromatic N) is 2. The lowest BCUT2D eigenvalue weighted by molar-refractivity contribution is -0.130. The van der Waals surface area contributed by atoms with Gasteiger partial charge >= 0.3 is 0 Å². The molecule has 0 N–H and O–H groups in total. The Kier molecular flexibility index (Phi) is 7.68. The monoisotopic (exact) mass is 356 g/mol. The van der Waals surface area contributed by atoms with Gasteiger partial charge in [-0.3, -0.25) is 9.79 Å². The molecule has 0 spiro atoms. The summed E-state index contributed by atoms with van der Waals surface area (Å²) in [5.74, 6) is 0.635. The molecule has 4 heteroatoms. The number of halogens is 1. The van der Waals surface area contributed by atoms with E-state index < -0.39 is 6.04 Å². The Labute approximate surface area is 155 Å². The van der Waals surface area contributed by atoms with E-state index in [0.717, 1.165) is 29.7 Å². The van der Waals surface area contributed by atoms with Gasteiger partial charge < -0.3 is 4.90 Å². The maximum Gasteiger partial charge on any atom is 0.246 e. The van der Waals surface area contributed by atoms with Crippen molar-refractivity contribution in [3.8, 4) is 0 Å². The van der Waals surface area contributed by atoms with Crippen molar-refractivity contribution < 1.29 is 4.79 Å². The molecular formula is C21H25ClN2O. The Morgan fingerprint density at radius 3 is 1.92 bits per heavy atom. The third kappa shape index (κ3) is 5.71. The summed E-state index contributed by atoms with van der Waals surface area (Å²) in [4.78, 5) is 19.1. The van der Waals surface area contributed by atoms with E-state index in [-0.39, 0.29) is 5.91 Å². The highest BCUT2D eigenvalue weighted by Crippen LogP contribution is 2.16. The van der Waals surface area contributed by atoms with Crippen LogP contribution in [0.15, 0.2) is 65.7 Å². The highest BCUT2D eigenvalue weighted by molar-refractivity contribution is 6.17. The molecule has 1 amide bonds. The van der Waals surface area contributed by atoms with Crippen LogP contribution in [-0.2, 0) is 4.79 Å². The molecule has 132 valence electrons. The van der Waals surface area contributed by atoms with Gasteiger partial charge in [-0.25, -0.2) is 0 Å². The predicted octanol–water partition coefficient (Wildman–Crippen LogP) is 4.39. The molecule has 2 aromatic rings. The molecule has 0 aliphatic carbocycles. The van der Waals surface area contributed by atoms with Crippen LogP contribution in [0.25, 0.3) is 0 Å². The van der Waals surface area contributed by atoms with Crippen molar-refractivity contribution in [2.75, 3.05) is 20.0 Å². The molecule has 25 heavy (non-hydrogen) atoms. The Morgan fingerprint density at radius 1 is 0.960 bits per heavy atom. The second kappa shape index (κ2) is 10.00. The molecule has 0 aliphatic rings. The minimum atomic E-state index is -0.395. The minimum Gasteiger partial charge on any atom is -0.347 e. The number of amides is 1. The van der Waals surface area contributed by atoms with E-state index in [9.17, 15) is 4.79 Å². The minimum absolute atomic E-state index is 0.0268. The number of carbonyl (C=O) groups is 1. The lowest BCUT2D eigenvalue weighted by Gasteiger charge is -2.19. The number of hydrogen-bond acceptors (Lipinski definition) is 2. The maximum atomic E-state index is 12.6. The van der Waals surface area contributed by atoms with Crippen LogP contribution < -0.4 is 0 Å². The molecule has 0 heterocycles. The molecule has 0 fully saturated rings. The fraction of sp³-hybridized carbons (Fsp3) is 0.333. The maximum absolute atomic E-state index is 12.6. The first kappa shape index (κ1) is 19.2. The number of benzene rings is 2. The van der Waals surface area contributed by atoms with E-state index in [1.807, 2.05) is 60.7 Å². The van der Waals surface area contributed by atoms with Crippen LogP contribution in [0.4, 0.5) is 0 Å². The van der Waals surface area contributed by atoms with Crippen LogP contribution in [0.1, 0.15) is 30.4 Å². The summed E-state index contributed by atoms with van der Waals surface area (Å²) in [6, 6.07) is 19.6. The van der Waals surface area contributed by atoms with Crippen molar-refractivity contribution in [3.05, 3.63) is 71.8 Å². The van der Waals surface area contributed by atoms with Gasteiger partial charge in [0, 0.05) is 31.1 Å². The molecule has 3 nitrogen and oxygen atoms in total. The number of rotatable bonds is 8. The summed E-state index contributed by atoms with van der Waals surface area (Å²) >= 11 is 5.79. The number of alkyl halides is 1. The fourth-order valence-corrected chi connectivity index (χ4v) is 2.83. The molecule has 0 saturated heterocycles. The summed E-state index contributed by atoms with van der Waals surface area (Å²) in [7, 11) is 3.55. The Bertz CT molecular complexity index is 642. The zero-order valence-corrected chi connectivity index (χ0v) is 15.6. The molecule has 1 atom stereocenters. The van der Waals surface area contributed by atoms with Crippen molar-refractivity contribution in [2.24, 2.45) is 4.99 Å². The number of carbonyl (C=O) groups excluding carboxylic acids is 1. The van der Waals surface area contributed by atoms with Gasteiger partial charge in [0.05, 0.1) is 5.71 Å². The first-order valence-corrected chi connectivity index (χ1v) is 9.12. The summed E-state index contributed by atoms with van der Waals surface area (Å²) in [5.41, 5.74) is 2.89. The molecule has 0 aromatic heterocycles. The van der Waals surface area contributed by atoms with Gasteiger partial charge in [-0.15, -0.1) is 11.6 Å². The predicted molar refractivity (Wildman–Crippen MR) is 106 cm³/mol.